The molecule has 25 heavy (non-hydrogen) atoms. The van der Waals surface area contributed by atoms with E-state index in [1.54, 1.807) is 24.3 Å². The molecule has 2 aromatic carbocycles. The van der Waals surface area contributed by atoms with Crippen LogP contribution in [0.1, 0.15) is 29.4 Å². The highest BCUT2D eigenvalue weighted by molar-refractivity contribution is 6.31. The summed E-state index contributed by atoms with van der Waals surface area (Å²) in [6, 6.07) is 14.4. The van der Waals surface area contributed by atoms with Crippen LogP contribution in [-0.4, -0.2) is 17.6 Å². The smallest absolute Gasteiger partial charge is 0.238 e. The Morgan fingerprint density at radius 1 is 0.840 bits per heavy atom. The highest BCUT2D eigenvalue weighted by atomic mass is 35.5. The van der Waals surface area contributed by atoms with E-state index in [0.29, 0.717) is 17.1 Å². The van der Waals surface area contributed by atoms with Crippen molar-refractivity contribution in [3.8, 4) is 0 Å². The minimum Gasteiger partial charge on any atom is -0.299 e. The van der Waals surface area contributed by atoms with Crippen molar-refractivity contribution in [2.75, 3.05) is 4.90 Å². The maximum atomic E-state index is 13.1. The third-order valence-corrected chi connectivity index (χ3v) is 6.03. The van der Waals surface area contributed by atoms with Crippen LogP contribution in [0.2, 0.25) is 5.02 Å². The Hall–Kier alpha value is -2.46. The van der Waals surface area contributed by atoms with Gasteiger partial charge in [-0.2, -0.15) is 0 Å². The third-order valence-electron chi connectivity index (χ3n) is 5.77. The van der Waals surface area contributed by atoms with Crippen LogP contribution in [0.15, 0.2) is 48.5 Å². The van der Waals surface area contributed by atoms with Gasteiger partial charge in [-0.05, 0) is 35.4 Å². The highest BCUT2D eigenvalue weighted by Gasteiger charge is 2.62. The lowest BCUT2D eigenvalue weighted by atomic mass is 9.56. The average molecular weight is 352 g/mol. The molecule has 0 radical (unpaired) electrons. The average Bonchev–Trinajstić information content (AvgIpc) is 2.88. The van der Waals surface area contributed by atoms with E-state index >= 15 is 0 Å². The van der Waals surface area contributed by atoms with Crippen molar-refractivity contribution >= 4 is 34.9 Å². The molecular formula is C20H14ClNO3. The Morgan fingerprint density at radius 3 is 2.20 bits per heavy atom. The fraction of sp³-hybridized carbons (Fsp3) is 0.250. The van der Waals surface area contributed by atoms with E-state index in [0.717, 1.165) is 11.1 Å². The van der Waals surface area contributed by atoms with Gasteiger partial charge in [-0.25, -0.2) is 0 Å². The van der Waals surface area contributed by atoms with Gasteiger partial charge in [0.15, 0.2) is 0 Å². The van der Waals surface area contributed by atoms with Crippen LogP contribution in [0.25, 0.3) is 0 Å². The van der Waals surface area contributed by atoms with E-state index < -0.39 is 17.8 Å². The summed E-state index contributed by atoms with van der Waals surface area (Å²) in [4.78, 5) is 40.1. The Morgan fingerprint density at radius 2 is 1.48 bits per heavy atom. The number of ketones is 1. The molecule has 124 valence electrons. The summed E-state index contributed by atoms with van der Waals surface area (Å²) in [5, 5.41) is 0.544. The number of hydrogen-bond donors (Lipinski definition) is 0. The van der Waals surface area contributed by atoms with E-state index in [1.165, 1.54) is 4.90 Å². The van der Waals surface area contributed by atoms with Gasteiger partial charge >= 0.3 is 0 Å². The standard InChI is InChI=1S/C20H14ClNO3/c21-10-5-7-11(8-6-10)22-19(24)17-14-9-15(23)16(18(17)20(22)25)13-4-2-1-3-12(13)14/h1-8,14,16-18H,9H2/t14-,16-,17-,18-/m1/s1. The van der Waals surface area contributed by atoms with Crippen LogP contribution in [0.5, 0.6) is 0 Å². The highest BCUT2D eigenvalue weighted by Crippen LogP contribution is 2.57. The van der Waals surface area contributed by atoms with Crippen molar-refractivity contribution in [3.63, 3.8) is 0 Å². The summed E-state index contributed by atoms with van der Waals surface area (Å²) in [5.74, 6) is -2.12. The predicted octanol–water partition coefficient (Wildman–Crippen LogP) is 3.30. The van der Waals surface area contributed by atoms with Gasteiger partial charge in [0.1, 0.15) is 5.78 Å². The molecule has 4 nitrogen and oxygen atoms in total. The summed E-state index contributed by atoms with van der Waals surface area (Å²) >= 11 is 5.92. The van der Waals surface area contributed by atoms with E-state index in [4.69, 9.17) is 11.6 Å². The summed E-state index contributed by atoms with van der Waals surface area (Å²) in [7, 11) is 0. The van der Waals surface area contributed by atoms with Crippen molar-refractivity contribution in [2.45, 2.75) is 18.3 Å². The van der Waals surface area contributed by atoms with Gasteiger partial charge in [0, 0.05) is 17.4 Å². The Bertz CT molecular complexity index is 936. The molecule has 5 heteroatoms. The van der Waals surface area contributed by atoms with Crippen molar-refractivity contribution in [2.24, 2.45) is 11.8 Å². The van der Waals surface area contributed by atoms with Crippen molar-refractivity contribution in [3.05, 3.63) is 64.7 Å². The van der Waals surface area contributed by atoms with Gasteiger partial charge in [0.05, 0.1) is 23.4 Å². The predicted molar refractivity (Wildman–Crippen MR) is 92.5 cm³/mol. The van der Waals surface area contributed by atoms with E-state index in [2.05, 4.69) is 0 Å². The molecule has 2 bridgehead atoms. The number of halogens is 1. The molecule has 1 saturated carbocycles. The SMILES string of the molecule is O=C1C[C@@H]2c3ccccc3[C@H]1[C@H]1C(=O)N(c3ccc(Cl)cc3)C(=O)[C@@H]12. The summed E-state index contributed by atoms with van der Waals surface area (Å²) in [6.07, 6.45) is 0.344. The second-order valence-electron chi connectivity index (χ2n) is 6.92. The fourth-order valence-electron chi connectivity index (χ4n) is 4.80. The number of amides is 2. The number of carbonyl (C=O) groups is 3. The molecule has 6 rings (SSSR count). The summed E-state index contributed by atoms with van der Waals surface area (Å²) < 4.78 is 0. The summed E-state index contributed by atoms with van der Waals surface area (Å²) in [6.45, 7) is 0. The first-order valence-corrected chi connectivity index (χ1v) is 8.70. The van der Waals surface area contributed by atoms with Gasteiger partial charge in [-0.3, -0.25) is 19.3 Å². The maximum absolute atomic E-state index is 13.1. The number of carbonyl (C=O) groups excluding carboxylic acids is 3. The number of nitrogens with zero attached hydrogens (tertiary/aromatic N) is 1. The fourth-order valence-corrected chi connectivity index (χ4v) is 4.93. The quantitative estimate of drug-likeness (QED) is 0.741. The molecule has 2 fully saturated rings. The lowest BCUT2D eigenvalue weighted by Gasteiger charge is -2.43. The molecule has 3 aliphatic carbocycles. The number of fused-ring (bicyclic) bond motifs is 1. The maximum Gasteiger partial charge on any atom is 0.238 e. The Kier molecular flexibility index (Phi) is 2.98. The first kappa shape index (κ1) is 14.8. The lowest BCUT2D eigenvalue weighted by Crippen LogP contribution is -2.44. The van der Waals surface area contributed by atoms with Crippen molar-refractivity contribution in [1.29, 1.82) is 0 Å². The monoisotopic (exact) mass is 351 g/mol. The molecule has 1 heterocycles. The Labute approximate surface area is 149 Å². The third kappa shape index (κ3) is 1.86. The van der Waals surface area contributed by atoms with Gasteiger partial charge in [-0.1, -0.05) is 35.9 Å². The first-order chi connectivity index (χ1) is 12.1. The molecule has 0 unspecified atom stereocenters. The zero-order valence-corrected chi connectivity index (χ0v) is 13.9. The second-order valence-corrected chi connectivity index (χ2v) is 7.36. The molecule has 4 atom stereocenters. The molecule has 0 aromatic heterocycles. The largest absolute Gasteiger partial charge is 0.299 e. The van der Waals surface area contributed by atoms with Crippen LogP contribution in [0.4, 0.5) is 5.69 Å². The van der Waals surface area contributed by atoms with Crippen molar-refractivity contribution in [1.82, 2.24) is 0 Å². The second kappa shape index (κ2) is 5.02. The number of anilines is 1. The zero-order chi connectivity index (χ0) is 17.3. The van der Waals surface area contributed by atoms with Crippen LogP contribution in [0.3, 0.4) is 0 Å². The molecule has 2 aromatic rings. The van der Waals surface area contributed by atoms with Crippen LogP contribution < -0.4 is 4.90 Å². The summed E-state index contributed by atoms with van der Waals surface area (Å²) in [5.41, 5.74) is 2.49. The molecule has 4 aliphatic rings. The normalized spacial score (nSPS) is 29.8. The molecular weight excluding hydrogens is 338 g/mol. The molecule has 1 aliphatic heterocycles. The van der Waals surface area contributed by atoms with E-state index in [1.807, 2.05) is 24.3 Å². The number of Topliss-reactive ketones (excluding diaryl/α,β-unsaturated/α-hetero) is 1. The number of rotatable bonds is 1. The number of imide groups is 1. The van der Waals surface area contributed by atoms with Crippen LogP contribution >= 0.6 is 11.6 Å². The van der Waals surface area contributed by atoms with Gasteiger partial charge < -0.3 is 0 Å². The minimum atomic E-state index is -0.579. The van der Waals surface area contributed by atoms with Gasteiger partial charge in [0.2, 0.25) is 11.8 Å². The number of hydrogen-bond acceptors (Lipinski definition) is 3. The van der Waals surface area contributed by atoms with Crippen LogP contribution in [0, 0.1) is 11.8 Å². The molecule has 0 spiro atoms. The molecule has 2 amide bonds. The lowest BCUT2D eigenvalue weighted by molar-refractivity contribution is -0.134. The van der Waals surface area contributed by atoms with E-state index in [9.17, 15) is 14.4 Å². The topological polar surface area (TPSA) is 54.5 Å². The van der Waals surface area contributed by atoms with E-state index in [-0.39, 0.29) is 23.5 Å². The number of benzene rings is 2. The molecule has 1 saturated heterocycles. The van der Waals surface area contributed by atoms with Crippen molar-refractivity contribution < 1.29 is 14.4 Å². The van der Waals surface area contributed by atoms with Gasteiger partial charge in [-0.15, -0.1) is 0 Å². The van der Waals surface area contributed by atoms with Gasteiger partial charge in [0.25, 0.3) is 0 Å². The minimum absolute atomic E-state index is 0.0732. The van der Waals surface area contributed by atoms with Crippen LogP contribution in [-0.2, 0) is 14.4 Å². The zero-order valence-electron chi connectivity index (χ0n) is 13.2. The Balaban J connectivity index is 1.65. The first-order valence-electron chi connectivity index (χ1n) is 8.33. The molecule has 0 N–H and O–H groups in total.